The van der Waals surface area contributed by atoms with Gasteiger partial charge in [-0.15, -0.1) is 0 Å². The van der Waals surface area contributed by atoms with E-state index >= 15 is 0 Å². The van der Waals surface area contributed by atoms with Gasteiger partial charge < -0.3 is 14.5 Å². The Morgan fingerprint density at radius 2 is 1.90 bits per heavy atom. The minimum atomic E-state index is -0.801. The number of ether oxygens (including phenoxy) is 1. The van der Waals surface area contributed by atoms with E-state index in [0.717, 1.165) is 11.3 Å². The van der Waals surface area contributed by atoms with Crippen molar-refractivity contribution in [3.63, 3.8) is 0 Å². The number of amides is 4. The highest BCUT2D eigenvalue weighted by Gasteiger charge is 2.57. The molecule has 2 aliphatic rings. The molecule has 0 atom stereocenters. The Bertz CT molecular complexity index is 784. The quantitative estimate of drug-likeness (QED) is 0.687. The lowest BCUT2D eigenvalue weighted by Gasteiger charge is -2.42. The molecule has 1 aromatic rings. The molecule has 2 aliphatic heterocycles. The zero-order chi connectivity index (χ0) is 21.2. The number of carbonyl (C=O) groups is 3. The van der Waals surface area contributed by atoms with Gasteiger partial charge >= 0.3 is 6.03 Å². The zero-order valence-electron chi connectivity index (χ0n) is 17.8. The summed E-state index contributed by atoms with van der Waals surface area (Å²) >= 11 is 0. The van der Waals surface area contributed by atoms with E-state index in [1.54, 1.807) is 12.0 Å². The summed E-state index contributed by atoms with van der Waals surface area (Å²) in [4.78, 5) is 43.6. The summed E-state index contributed by atoms with van der Waals surface area (Å²) in [6.07, 6.45) is 1.28. The highest BCUT2D eigenvalue weighted by molar-refractivity contribution is 6.07. The number of likely N-dealkylation sites (N-methyl/N-ethyl adjacent to an activating group) is 1. The molecule has 2 heterocycles. The molecule has 0 aliphatic carbocycles. The van der Waals surface area contributed by atoms with Crippen LogP contribution in [-0.4, -0.2) is 71.4 Å². The van der Waals surface area contributed by atoms with Crippen molar-refractivity contribution in [3.05, 3.63) is 29.8 Å². The van der Waals surface area contributed by atoms with Crippen LogP contribution in [0.15, 0.2) is 24.3 Å². The third-order valence-corrected chi connectivity index (χ3v) is 5.92. The molecule has 1 spiro atoms. The first kappa shape index (κ1) is 21.1. The third kappa shape index (κ3) is 3.95. The van der Waals surface area contributed by atoms with E-state index in [9.17, 15) is 14.4 Å². The van der Waals surface area contributed by atoms with Gasteiger partial charge in [-0.3, -0.25) is 14.5 Å². The van der Waals surface area contributed by atoms with Crippen LogP contribution in [0.3, 0.4) is 0 Å². The Labute approximate surface area is 172 Å². The molecule has 3 rings (SSSR count). The van der Waals surface area contributed by atoms with E-state index < -0.39 is 5.54 Å². The van der Waals surface area contributed by atoms with E-state index in [0.29, 0.717) is 45.4 Å². The molecule has 29 heavy (non-hydrogen) atoms. The van der Waals surface area contributed by atoms with E-state index in [2.05, 4.69) is 0 Å². The molecule has 7 heteroatoms. The maximum absolute atomic E-state index is 13.1. The second-order valence-electron chi connectivity index (χ2n) is 8.28. The Morgan fingerprint density at radius 1 is 1.21 bits per heavy atom. The van der Waals surface area contributed by atoms with Crippen LogP contribution in [0.1, 0.15) is 39.2 Å². The monoisotopic (exact) mass is 401 g/mol. The van der Waals surface area contributed by atoms with E-state index in [-0.39, 0.29) is 23.8 Å². The van der Waals surface area contributed by atoms with Crippen LogP contribution in [0.5, 0.6) is 5.75 Å². The predicted octanol–water partition coefficient (Wildman–Crippen LogP) is 2.54. The second kappa shape index (κ2) is 8.43. The normalized spacial score (nSPS) is 18.9. The Hall–Kier alpha value is -2.57. The van der Waals surface area contributed by atoms with Crippen LogP contribution in [0.4, 0.5) is 4.79 Å². The van der Waals surface area contributed by atoms with Crippen LogP contribution in [-0.2, 0) is 16.0 Å². The van der Waals surface area contributed by atoms with E-state index in [1.807, 2.05) is 49.9 Å². The summed E-state index contributed by atoms with van der Waals surface area (Å²) in [6.45, 7) is 7.82. The molecule has 0 saturated carbocycles. The highest BCUT2D eigenvalue weighted by atomic mass is 16.5. The van der Waals surface area contributed by atoms with Gasteiger partial charge in [-0.2, -0.15) is 0 Å². The van der Waals surface area contributed by atoms with Crippen molar-refractivity contribution in [2.75, 3.05) is 33.3 Å². The summed E-state index contributed by atoms with van der Waals surface area (Å²) in [6, 6.07) is 7.31. The van der Waals surface area contributed by atoms with Crippen molar-refractivity contribution in [2.45, 2.75) is 45.6 Å². The molecule has 7 nitrogen and oxygen atoms in total. The van der Waals surface area contributed by atoms with E-state index in [4.69, 9.17) is 4.74 Å². The maximum Gasteiger partial charge on any atom is 0.327 e. The van der Waals surface area contributed by atoms with Crippen LogP contribution in [0.25, 0.3) is 0 Å². The van der Waals surface area contributed by atoms with Gasteiger partial charge in [0.2, 0.25) is 5.91 Å². The van der Waals surface area contributed by atoms with Gasteiger partial charge in [0.25, 0.3) is 5.91 Å². The third-order valence-electron chi connectivity index (χ3n) is 5.92. The molecule has 0 aromatic heterocycles. The predicted molar refractivity (Wildman–Crippen MR) is 110 cm³/mol. The number of likely N-dealkylation sites (tertiary alicyclic amines) is 1. The topological polar surface area (TPSA) is 70.2 Å². The fourth-order valence-electron chi connectivity index (χ4n) is 4.36. The maximum atomic E-state index is 13.1. The number of imide groups is 1. The first-order chi connectivity index (χ1) is 13.8. The zero-order valence-corrected chi connectivity index (χ0v) is 17.8. The van der Waals surface area contributed by atoms with Gasteiger partial charge in [0, 0.05) is 26.2 Å². The standard InChI is InChI=1S/C22H31N3O4/c1-5-24-20(27)22(25(21(24)28)15-16(2)3)9-11-23(12-10-22)19(26)14-17-7-6-8-18(13-17)29-4/h6-8,13,16H,5,9-12,14-15H2,1-4H3. The molecular weight excluding hydrogens is 370 g/mol. The van der Waals surface area contributed by atoms with Crippen molar-refractivity contribution in [3.8, 4) is 5.75 Å². The SMILES string of the molecule is CCN1C(=O)N(CC(C)C)C2(CCN(C(=O)Cc3cccc(OC)c3)CC2)C1=O. The van der Waals surface area contributed by atoms with Gasteiger partial charge in [0.05, 0.1) is 13.5 Å². The van der Waals surface area contributed by atoms with Gasteiger partial charge in [-0.25, -0.2) is 4.79 Å². The van der Waals surface area contributed by atoms with Crippen LogP contribution >= 0.6 is 0 Å². The minimum absolute atomic E-state index is 0.0348. The number of nitrogens with zero attached hydrogens (tertiary/aromatic N) is 3. The summed E-state index contributed by atoms with van der Waals surface area (Å²) in [5, 5.41) is 0. The molecule has 1 aromatic carbocycles. The summed E-state index contributed by atoms with van der Waals surface area (Å²) in [5.41, 5.74) is 0.102. The second-order valence-corrected chi connectivity index (χ2v) is 8.28. The van der Waals surface area contributed by atoms with Crippen molar-refractivity contribution >= 4 is 17.8 Å². The van der Waals surface area contributed by atoms with E-state index in [1.165, 1.54) is 4.90 Å². The molecule has 0 radical (unpaired) electrons. The Morgan fingerprint density at radius 3 is 2.48 bits per heavy atom. The van der Waals surface area contributed by atoms with Gasteiger partial charge in [-0.05, 0) is 43.4 Å². The molecular formula is C22H31N3O4. The molecule has 0 unspecified atom stereocenters. The first-order valence-electron chi connectivity index (χ1n) is 10.4. The molecule has 0 N–H and O–H groups in total. The summed E-state index contributed by atoms with van der Waals surface area (Å²) < 4.78 is 5.23. The van der Waals surface area contributed by atoms with Gasteiger partial charge in [0.1, 0.15) is 11.3 Å². The van der Waals surface area contributed by atoms with Gasteiger partial charge in [-0.1, -0.05) is 26.0 Å². The number of urea groups is 1. The minimum Gasteiger partial charge on any atom is -0.497 e. The average molecular weight is 402 g/mol. The summed E-state index contributed by atoms with van der Waals surface area (Å²) in [7, 11) is 1.60. The van der Waals surface area contributed by atoms with Crippen molar-refractivity contribution in [1.29, 1.82) is 0 Å². The number of benzene rings is 1. The highest BCUT2D eigenvalue weighted by Crippen LogP contribution is 2.38. The number of hydrogen-bond acceptors (Lipinski definition) is 4. The molecule has 0 bridgehead atoms. The lowest BCUT2D eigenvalue weighted by atomic mass is 9.85. The van der Waals surface area contributed by atoms with Gasteiger partial charge in [0.15, 0.2) is 0 Å². The summed E-state index contributed by atoms with van der Waals surface area (Å²) in [5.74, 6) is 0.929. The number of methoxy groups -OCH3 is 1. The number of rotatable bonds is 6. The molecule has 2 saturated heterocycles. The fraction of sp³-hybridized carbons (Fsp3) is 0.591. The Balaban J connectivity index is 1.71. The van der Waals surface area contributed by atoms with Crippen LogP contribution in [0.2, 0.25) is 0 Å². The molecule has 158 valence electrons. The van der Waals surface area contributed by atoms with Crippen molar-refractivity contribution < 1.29 is 19.1 Å². The molecule has 2 fully saturated rings. The van der Waals surface area contributed by atoms with Crippen molar-refractivity contribution in [1.82, 2.24) is 14.7 Å². The fourth-order valence-corrected chi connectivity index (χ4v) is 4.36. The Kier molecular flexibility index (Phi) is 6.15. The smallest absolute Gasteiger partial charge is 0.327 e. The lowest BCUT2D eigenvalue weighted by Crippen LogP contribution is -2.58. The van der Waals surface area contributed by atoms with Crippen molar-refractivity contribution in [2.24, 2.45) is 5.92 Å². The largest absolute Gasteiger partial charge is 0.497 e. The number of carbonyl (C=O) groups excluding carboxylic acids is 3. The first-order valence-corrected chi connectivity index (χ1v) is 10.4. The average Bonchev–Trinajstić information content (AvgIpc) is 2.89. The molecule has 4 amide bonds. The number of piperidine rings is 1. The van der Waals surface area contributed by atoms with Crippen LogP contribution < -0.4 is 4.74 Å². The van der Waals surface area contributed by atoms with Crippen LogP contribution in [0, 0.1) is 5.92 Å². The number of hydrogen-bond donors (Lipinski definition) is 0. The lowest BCUT2D eigenvalue weighted by molar-refractivity contribution is -0.140.